The number of hydrogen-bond acceptors (Lipinski definition) is 5. The number of aromatic nitrogens is 4. The molecule has 3 rings (SSSR count). The van der Waals surface area contributed by atoms with Crippen molar-refractivity contribution in [1.29, 1.82) is 0 Å². The number of anilines is 2. The number of nitrogens with zero attached hydrogens (tertiary/aromatic N) is 5. The standard InChI is InChI=1S/C19H22N6O/c1-4-24(5-2)19(26)16-13-20-25(15-9-7-6-8-10-15)18(16)21-17-12-11-14(3)22-23-17/h6-13H,4-5H2,1-3H3,(H,21,23). The van der Waals surface area contributed by atoms with E-state index in [2.05, 4.69) is 20.6 Å². The van der Waals surface area contributed by atoms with Crippen LogP contribution in [0.5, 0.6) is 0 Å². The van der Waals surface area contributed by atoms with Crippen LogP contribution in [-0.4, -0.2) is 43.9 Å². The average molecular weight is 350 g/mol. The second kappa shape index (κ2) is 7.77. The summed E-state index contributed by atoms with van der Waals surface area (Å²) in [6, 6.07) is 13.4. The van der Waals surface area contributed by atoms with Gasteiger partial charge in [-0.1, -0.05) is 18.2 Å². The summed E-state index contributed by atoms with van der Waals surface area (Å²) in [6.45, 7) is 7.06. The maximum atomic E-state index is 12.9. The first-order valence-corrected chi connectivity index (χ1v) is 8.64. The molecule has 0 saturated heterocycles. The summed E-state index contributed by atoms with van der Waals surface area (Å²) in [6.07, 6.45) is 1.59. The summed E-state index contributed by atoms with van der Waals surface area (Å²) in [4.78, 5) is 14.7. The number of aryl methyl sites for hydroxylation is 1. The Morgan fingerprint density at radius 3 is 2.42 bits per heavy atom. The second-order valence-electron chi connectivity index (χ2n) is 5.82. The number of carbonyl (C=O) groups excluding carboxylic acids is 1. The van der Waals surface area contributed by atoms with Crippen LogP contribution in [0.2, 0.25) is 0 Å². The number of para-hydroxylation sites is 1. The highest BCUT2D eigenvalue weighted by Gasteiger charge is 2.22. The largest absolute Gasteiger partial charge is 0.339 e. The third kappa shape index (κ3) is 3.56. The van der Waals surface area contributed by atoms with E-state index in [1.165, 1.54) is 0 Å². The van der Waals surface area contributed by atoms with E-state index in [0.717, 1.165) is 11.4 Å². The summed E-state index contributed by atoms with van der Waals surface area (Å²) in [5.74, 6) is 1.06. The lowest BCUT2D eigenvalue weighted by Crippen LogP contribution is -2.30. The predicted molar refractivity (Wildman–Crippen MR) is 101 cm³/mol. The van der Waals surface area contributed by atoms with Gasteiger partial charge >= 0.3 is 0 Å². The molecule has 0 aliphatic rings. The van der Waals surface area contributed by atoms with Gasteiger partial charge in [0.15, 0.2) is 5.82 Å². The first-order valence-electron chi connectivity index (χ1n) is 8.64. The minimum atomic E-state index is -0.0697. The highest BCUT2D eigenvalue weighted by molar-refractivity contribution is 5.99. The van der Waals surface area contributed by atoms with E-state index in [1.807, 2.05) is 63.2 Å². The fourth-order valence-corrected chi connectivity index (χ4v) is 2.66. The molecule has 0 radical (unpaired) electrons. The molecular weight excluding hydrogens is 328 g/mol. The molecule has 1 amide bonds. The molecule has 0 aliphatic carbocycles. The van der Waals surface area contributed by atoms with Gasteiger partial charge in [-0.3, -0.25) is 4.79 Å². The van der Waals surface area contributed by atoms with Crippen LogP contribution in [0.1, 0.15) is 29.9 Å². The van der Waals surface area contributed by atoms with Crippen molar-refractivity contribution in [2.75, 3.05) is 18.4 Å². The van der Waals surface area contributed by atoms with Gasteiger partial charge in [0, 0.05) is 13.1 Å². The van der Waals surface area contributed by atoms with Crippen LogP contribution in [-0.2, 0) is 0 Å². The summed E-state index contributed by atoms with van der Waals surface area (Å²) < 4.78 is 1.71. The molecule has 0 bridgehead atoms. The van der Waals surface area contributed by atoms with E-state index >= 15 is 0 Å². The summed E-state index contributed by atoms with van der Waals surface area (Å²) in [5.41, 5.74) is 2.18. The quantitative estimate of drug-likeness (QED) is 0.739. The second-order valence-corrected chi connectivity index (χ2v) is 5.82. The normalized spacial score (nSPS) is 10.6. The van der Waals surface area contributed by atoms with E-state index in [-0.39, 0.29) is 5.91 Å². The summed E-state index contributed by atoms with van der Waals surface area (Å²) in [7, 11) is 0. The molecule has 2 heterocycles. The van der Waals surface area contributed by atoms with Crippen molar-refractivity contribution in [3.05, 3.63) is 59.9 Å². The lowest BCUT2D eigenvalue weighted by molar-refractivity contribution is 0.0774. The molecule has 3 aromatic rings. The molecule has 2 aromatic heterocycles. The van der Waals surface area contributed by atoms with Crippen LogP contribution in [0.3, 0.4) is 0 Å². The van der Waals surface area contributed by atoms with Crippen molar-refractivity contribution in [3.63, 3.8) is 0 Å². The first kappa shape index (κ1) is 17.6. The fraction of sp³-hybridized carbons (Fsp3) is 0.263. The van der Waals surface area contributed by atoms with Crippen molar-refractivity contribution in [2.24, 2.45) is 0 Å². The summed E-state index contributed by atoms with van der Waals surface area (Å²) >= 11 is 0. The van der Waals surface area contributed by atoms with Gasteiger partial charge in [0.25, 0.3) is 5.91 Å². The molecule has 1 aromatic carbocycles. The van der Waals surface area contributed by atoms with Crippen LogP contribution in [0.4, 0.5) is 11.6 Å². The van der Waals surface area contributed by atoms with Gasteiger partial charge < -0.3 is 10.2 Å². The van der Waals surface area contributed by atoms with Gasteiger partial charge in [0.05, 0.1) is 17.6 Å². The number of rotatable bonds is 6. The van der Waals surface area contributed by atoms with Gasteiger partial charge in [-0.25, -0.2) is 4.68 Å². The molecule has 0 atom stereocenters. The molecule has 0 aliphatic heterocycles. The van der Waals surface area contributed by atoms with Crippen LogP contribution < -0.4 is 5.32 Å². The van der Waals surface area contributed by atoms with Gasteiger partial charge in [-0.2, -0.15) is 10.2 Å². The van der Waals surface area contributed by atoms with Crippen molar-refractivity contribution >= 4 is 17.5 Å². The van der Waals surface area contributed by atoms with E-state index in [1.54, 1.807) is 15.8 Å². The Balaban J connectivity index is 2.06. The van der Waals surface area contributed by atoms with E-state index in [0.29, 0.717) is 30.3 Å². The van der Waals surface area contributed by atoms with E-state index < -0.39 is 0 Å². The Hall–Kier alpha value is -3.22. The molecular formula is C19H22N6O. The van der Waals surface area contributed by atoms with Crippen molar-refractivity contribution < 1.29 is 4.79 Å². The fourth-order valence-electron chi connectivity index (χ4n) is 2.66. The zero-order chi connectivity index (χ0) is 18.5. The Bertz CT molecular complexity index is 869. The maximum Gasteiger partial charge on any atom is 0.259 e. The first-order chi connectivity index (χ1) is 12.6. The van der Waals surface area contributed by atoms with E-state index in [4.69, 9.17) is 0 Å². The topological polar surface area (TPSA) is 75.9 Å². The Labute approximate surface area is 152 Å². The molecule has 7 heteroatoms. The summed E-state index contributed by atoms with van der Waals surface area (Å²) in [5, 5.41) is 15.9. The molecule has 0 spiro atoms. The van der Waals surface area contributed by atoms with Gasteiger partial charge in [0.2, 0.25) is 0 Å². The predicted octanol–water partition coefficient (Wildman–Crippen LogP) is 3.20. The molecule has 0 saturated carbocycles. The van der Waals surface area contributed by atoms with Gasteiger partial charge in [0.1, 0.15) is 11.4 Å². The van der Waals surface area contributed by atoms with Crippen molar-refractivity contribution in [2.45, 2.75) is 20.8 Å². The molecule has 7 nitrogen and oxygen atoms in total. The number of nitrogens with one attached hydrogen (secondary N) is 1. The van der Waals surface area contributed by atoms with Gasteiger partial charge in [-0.15, -0.1) is 5.10 Å². The zero-order valence-electron chi connectivity index (χ0n) is 15.2. The Morgan fingerprint density at radius 2 is 1.81 bits per heavy atom. The van der Waals surface area contributed by atoms with Crippen LogP contribution >= 0.6 is 0 Å². The lowest BCUT2D eigenvalue weighted by Gasteiger charge is -2.19. The molecule has 0 fully saturated rings. The van der Waals surface area contributed by atoms with Crippen LogP contribution in [0, 0.1) is 6.92 Å². The minimum absolute atomic E-state index is 0.0697. The average Bonchev–Trinajstić information content (AvgIpc) is 3.08. The number of carbonyl (C=O) groups is 1. The van der Waals surface area contributed by atoms with Crippen LogP contribution in [0.25, 0.3) is 5.69 Å². The molecule has 0 unspecified atom stereocenters. The number of benzene rings is 1. The highest BCUT2D eigenvalue weighted by atomic mass is 16.2. The number of amides is 1. The Morgan fingerprint density at radius 1 is 1.08 bits per heavy atom. The van der Waals surface area contributed by atoms with Crippen molar-refractivity contribution in [1.82, 2.24) is 24.9 Å². The third-order valence-electron chi connectivity index (χ3n) is 4.10. The van der Waals surface area contributed by atoms with Gasteiger partial charge in [-0.05, 0) is 45.0 Å². The minimum Gasteiger partial charge on any atom is -0.339 e. The lowest BCUT2D eigenvalue weighted by atomic mass is 10.2. The van der Waals surface area contributed by atoms with Crippen LogP contribution in [0.15, 0.2) is 48.7 Å². The van der Waals surface area contributed by atoms with Crippen molar-refractivity contribution in [3.8, 4) is 5.69 Å². The molecule has 26 heavy (non-hydrogen) atoms. The maximum absolute atomic E-state index is 12.9. The Kier molecular flexibility index (Phi) is 5.26. The molecule has 134 valence electrons. The number of hydrogen-bond donors (Lipinski definition) is 1. The highest BCUT2D eigenvalue weighted by Crippen LogP contribution is 2.24. The van der Waals surface area contributed by atoms with E-state index in [9.17, 15) is 4.79 Å². The SMILES string of the molecule is CCN(CC)C(=O)c1cnn(-c2ccccc2)c1Nc1ccc(C)nn1. The molecule has 1 N–H and O–H groups in total. The monoisotopic (exact) mass is 350 g/mol. The smallest absolute Gasteiger partial charge is 0.259 e. The zero-order valence-corrected chi connectivity index (χ0v) is 15.2. The third-order valence-corrected chi connectivity index (χ3v) is 4.10.